The van der Waals surface area contributed by atoms with Gasteiger partial charge in [0.25, 0.3) is 0 Å². The predicted molar refractivity (Wildman–Crippen MR) is 90.6 cm³/mol. The van der Waals surface area contributed by atoms with Gasteiger partial charge in [0.15, 0.2) is 5.65 Å². The molecule has 23 heavy (non-hydrogen) atoms. The molecule has 1 amide bonds. The second kappa shape index (κ2) is 7.43. The predicted octanol–water partition coefficient (Wildman–Crippen LogP) is 2.46. The quantitative estimate of drug-likeness (QED) is 0.528. The van der Waals surface area contributed by atoms with Crippen LogP contribution in [0.25, 0.3) is 11.2 Å². The number of imidazole rings is 1. The molecule has 0 aliphatic heterocycles. The zero-order valence-electron chi connectivity index (χ0n) is 12.1. The molecule has 0 saturated heterocycles. The first-order valence-electron chi connectivity index (χ1n) is 7.00. The van der Waals surface area contributed by atoms with Gasteiger partial charge in [-0.2, -0.15) is 0 Å². The Bertz CT molecular complexity index is 805. The Kier molecular flexibility index (Phi) is 5.09. The molecular weight excluding hydrogens is 334 g/mol. The summed E-state index contributed by atoms with van der Waals surface area (Å²) in [5.41, 5.74) is 2.49. The van der Waals surface area contributed by atoms with E-state index in [1.807, 2.05) is 24.3 Å². The third-order valence-electron chi connectivity index (χ3n) is 3.18. The minimum Gasteiger partial charge on any atom is -0.355 e. The van der Waals surface area contributed by atoms with E-state index in [4.69, 9.17) is 11.6 Å². The van der Waals surface area contributed by atoms with Gasteiger partial charge in [0, 0.05) is 11.6 Å². The number of nitrogens with one attached hydrogen (secondary N) is 2. The SMILES string of the molecule is O=C(CSc1ncnc2nc[nH]c12)NCCc1ccc(Cl)cc1. The highest BCUT2D eigenvalue weighted by molar-refractivity contribution is 8.00. The highest BCUT2D eigenvalue weighted by Crippen LogP contribution is 2.21. The lowest BCUT2D eigenvalue weighted by Gasteiger charge is -2.05. The highest BCUT2D eigenvalue weighted by Gasteiger charge is 2.09. The maximum absolute atomic E-state index is 11.9. The first kappa shape index (κ1) is 15.8. The standard InChI is InChI=1S/C15H14ClN5OS/c16-11-3-1-10(2-4-11)5-6-17-12(22)7-23-15-13-14(19-8-18-13)20-9-21-15/h1-4,8-9H,5-7H2,(H,17,22)(H,18,19,20,21). The number of aromatic amines is 1. The van der Waals surface area contributed by atoms with Crippen LogP contribution in [0.5, 0.6) is 0 Å². The lowest BCUT2D eigenvalue weighted by molar-refractivity contribution is -0.118. The third kappa shape index (κ3) is 4.20. The average Bonchev–Trinajstić information content (AvgIpc) is 3.04. The van der Waals surface area contributed by atoms with E-state index in [0.29, 0.717) is 23.0 Å². The maximum atomic E-state index is 11.9. The fourth-order valence-corrected chi connectivity index (χ4v) is 2.95. The van der Waals surface area contributed by atoms with Crippen molar-refractivity contribution in [3.63, 3.8) is 0 Å². The molecule has 118 valence electrons. The Morgan fingerprint density at radius 2 is 2.04 bits per heavy atom. The molecule has 2 heterocycles. The topological polar surface area (TPSA) is 83.6 Å². The van der Waals surface area contributed by atoms with E-state index in [0.717, 1.165) is 22.5 Å². The molecule has 0 radical (unpaired) electrons. The van der Waals surface area contributed by atoms with Crippen molar-refractivity contribution in [2.75, 3.05) is 12.3 Å². The molecule has 0 bridgehead atoms. The number of hydrogen-bond acceptors (Lipinski definition) is 5. The van der Waals surface area contributed by atoms with E-state index in [-0.39, 0.29) is 5.91 Å². The smallest absolute Gasteiger partial charge is 0.230 e. The van der Waals surface area contributed by atoms with Crippen LogP contribution in [0.2, 0.25) is 5.02 Å². The molecule has 0 fully saturated rings. The number of aromatic nitrogens is 4. The minimum atomic E-state index is -0.0322. The molecule has 8 heteroatoms. The van der Waals surface area contributed by atoms with Crippen LogP contribution in [0.1, 0.15) is 5.56 Å². The zero-order chi connectivity index (χ0) is 16.1. The second-order valence-electron chi connectivity index (χ2n) is 4.80. The summed E-state index contributed by atoms with van der Waals surface area (Å²) in [4.78, 5) is 27.2. The number of carbonyl (C=O) groups excluding carboxylic acids is 1. The molecule has 0 aliphatic rings. The third-order valence-corrected chi connectivity index (χ3v) is 4.42. The van der Waals surface area contributed by atoms with Crippen LogP contribution in [-0.2, 0) is 11.2 Å². The zero-order valence-corrected chi connectivity index (χ0v) is 13.7. The molecule has 0 aliphatic carbocycles. The summed E-state index contributed by atoms with van der Waals surface area (Å²) < 4.78 is 0. The van der Waals surface area contributed by atoms with Crippen molar-refractivity contribution in [3.8, 4) is 0 Å². The molecule has 3 rings (SSSR count). The monoisotopic (exact) mass is 347 g/mol. The summed E-state index contributed by atoms with van der Waals surface area (Å²) in [5.74, 6) is 0.265. The number of thioether (sulfide) groups is 1. The van der Waals surface area contributed by atoms with Crippen LogP contribution in [0.4, 0.5) is 0 Å². The van der Waals surface area contributed by atoms with Crippen molar-refractivity contribution in [1.82, 2.24) is 25.3 Å². The molecule has 2 aromatic heterocycles. The highest BCUT2D eigenvalue weighted by atomic mass is 35.5. The fraction of sp³-hybridized carbons (Fsp3) is 0.200. The average molecular weight is 348 g/mol. The number of H-pyrrole nitrogens is 1. The van der Waals surface area contributed by atoms with Gasteiger partial charge in [-0.15, -0.1) is 0 Å². The van der Waals surface area contributed by atoms with Crippen molar-refractivity contribution in [2.24, 2.45) is 0 Å². The Morgan fingerprint density at radius 3 is 2.87 bits per heavy atom. The Morgan fingerprint density at radius 1 is 1.22 bits per heavy atom. The molecule has 0 unspecified atom stereocenters. The lowest BCUT2D eigenvalue weighted by atomic mass is 10.1. The van der Waals surface area contributed by atoms with Gasteiger partial charge in [-0.25, -0.2) is 15.0 Å². The molecule has 2 N–H and O–H groups in total. The van der Waals surface area contributed by atoms with Crippen molar-refractivity contribution in [3.05, 3.63) is 47.5 Å². The summed E-state index contributed by atoms with van der Waals surface area (Å²) in [6.07, 6.45) is 3.78. The second-order valence-corrected chi connectivity index (χ2v) is 6.20. The number of carbonyl (C=O) groups is 1. The van der Waals surface area contributed by atoms with Gasteiger partial charge < -0.3 is 10.3 Å². The largest absolute Gasteiger partial charge is 0.355 e. The summed E-state index contributed by atoms with van der Waals surface area (Å²) in [5, 5.41) is 4.33. The number of amides is 1. The summed E-state index contributed by atoms with van der Waals surface area (Å²) in [6, 6.07) is 7.61. The van der Waals surface area contributed by atoms with Crippen LogP contribution < -0.4 is 5.32 Å². The number of fused-ring (bicyclic) bond motifs is 1. The van der Waals surface area contributed by atoms with E-state index < -0.39 is 0 Å². The van der Waals surface area contributed by atoms with Gasteiger partial charge in [0.05, 0.1) is 12.1 Å². The first-order valence-corrected chi connectivity index (χ1v) is 8.37. The number of nitrogens with zero attached hydrogens (tertiary/aromatic N) is 3. The first-order chi connectivity index (χ1) is 11.2. The van der Waals surface area contributed by atoms with Gasteiger partial charge in [-0.3, -0.25) is 4.79 Å². The molecule has 0 atom stereocenters. The van der Waals surface area contributed by atoms with Gasteiger partial charge in [-0.05, 0) is 24.1 Å². The van der Waals surface area contributed by atoms with Crippen LogP contribution in [0, 0.1) is 0 Å². The van der Waals surface area contributed by atoms with Crippen molar-refractivity contribution in [2.45, 2.75) is 11.4 Å². The van der Waals surface area contributed by atoms with E-state index in [9.17, 15) is 4.79 Å². The van der Waals surface area contributed by atoms with Crippen molar-refractivity contribution in [1.29, 1.82) is 0 Å². The number of hydrogen-bond donors (Lipinski definition) is 2. The van der Waals surface area contributed by atoms with Gasteiger partial charge in [-0.1, -0.05) is 35.5 Å². The Labute approximate surface area is 142 Å². The Hall–Kier alpha value is -2.12. The Balaban J connectivity index is 1.46. The summed E-state index contributed by atoms with van der Waals surface area (Å²) >= 11 is 7.20. The molecule has 3 aromatic rings. The number of halogens is 1. The van der Waals surface area contributed by atoms with Gasteiger partial charge in [0.1, 0.15) is 16.9 Å². The summed E-state index contributed by atoms with van der Waals surface area (Å²) in [6.45, 7) is 0.588. The van der Waals surface area contributed by atoms with Gasteiger partial charge >= 0.3 is 0 Å². The minimum absolute atomic E-state index is 0.0322. The lowest BCUT2D eigenvalue weighted by Crippen LogP contribution is -2.27. The van der Waals surface area contributed by atoms with Crippen LogP contribution in [0.3, 0.4) is 0 Å². The molecular formula is C15H14ClN5OS. The van der Waals surface area contributed by atoms with E-state index in [1.54, 1.807) is 6.33 Å². The van der Waals surface area contributed by atoms with Crippen molar-refractivity contribution >= 4 is 40.4 Å². The van der Waals surface area contributed by atoms with Crippen LogP contribution in [-0.4, -0.2) is 38.1 Å². The molecule has 6 nitrogen and oxygen atoms in total. The number of rotatable bonds is 6. The maximum Gasteiger partial charge on any atom is 0.230 e. The van der Waals surface area contributed by atoms with Crippen molar-refractivity contribution < 1.29 is 4.79 Å². The normalized spacial score (nSPS) is 10.8. The fourth-order valence-electron chi connectivity index (χ4n) is 2.03. The van der Waals surface area contributed by atoms with E-state index >= 15 is 0 Å². The van der Waals surface area contributed by atoms with Crippen LogP contribution >= 0.6 is 23.4 Å². The van der Waals surface area contributed by atoms with E-state index in [1.165, 1.54) is 18.1 Å². The molecule has 0 saturated carbocycles. The molecule has 1 aromatic carbocycles. The van der Waals surface area contributed by atoms with Crippen LogP contribution in [0.15, 0.2) is 41.9 Å². The van der Waals surface area contributed by atoms with E-state index in [2.05, 4.69) is 25.3 Å². The van der Waals surface area contributed by atoms with Gasteiger partial charge in [0.2, 0.25) is 5.91 Å². The number of benzene rings is 1. The molecule has 0 spiro atoms. The summed E-state index contributed by atoms with van der Waals surface area (Å²) in [7, 11) is 0.